The molecule has 1 aliphatic rings. The van der Waals surface area contributed by atoms with Gasteiger partial charge in [0, 0.05) is 22.7 Å². The number of furan rings is 1. The second-order valence-electron chi connectivity index (χ2n) is 6.26. The highest BCUT2D eigenvalue weighted by Crippen LogP contribution is 2.33. The first-order chi connectivity index (χ1) is 14.3. The maximum atomic E-state index is 12.6. The Balaban J connectivity index is 1.65. The van der Waals surface area contributed by atoms with E-state index in [2.05, 4.69) is 5.43 Å². The number of amides is 2. The van der Waals surface area contributed by atoms with Gasteiger partial charge in [-0.3, -0.25) is 25.1 Å². The van der Waals surface area contributed by atoms with E-state index in [1.807, 2.05) is 0 Å². The number of anilines is 1. The zero-order valence-corrected chi connectivity index (χ0v) is 15.8. The molecule has 10 heteroatoms. The van der Waals surface area contributed by atoms with Crippen molar-refractivity contribution in [2.45, 2.75) is 0 Å². The molecule has 1 N–H and O–H groups in total. The van der Waals surface area contributed by atoms with Gasteiger partial charge in [0.15, 0.2) is 0 Å². The Hall–Kier alpha value is -4.11. The molecule has 1 fully saturated rings. The molecule has 0 spiro atoms. The van der Waals surface area contributed by atoms with E-state index < -0.39 is 22.5 Å². The minimum Gasteiger partial charge on any atom is -0.872 e. The lowest BCUT2D eigenvalue weighted by Gasteiger charge is -2.14. The number of benzene rings is 2. The quantitative estimate of drug-likeness (QED) is 0.296. The molecule has 150 valence electrons. The van der Waals surface area contributed by atoms with E-state index in [-0.39, 0.29) is 28.3 Å². The predicted octanol–water partition coefficient (Wildman–Crippen LogP) is 3.04. The van der Waals surface area contributed by atoms with E-state index in [4.69, 9.17) is 16.0 Å². The first kappa shape index (κ1) is 19.2. The van der Waals surface area contributed by atoms with Crippen LogP contribution in [0.5, 0.6) is 5.75 Å². The summed E-state index contributed by atoms with van der Waals surface area (Å²) < 4.78 is 5.53. The first-order valence-corrected chi connectivity index (χ1v) is 8.89. The second kappa shape index (κ2) is 7.37. The molecule has 9 nitrogen and oxygen atoms in total. The maximum Gasteiger partial charge on any atom is 0.282 e. The number of hydrazine groups is 1. The fraction of sp³-hybridized carbons (Fsp3) is 0. The van der Waals surface area contributed by atoms with Crippen molar-refractivity contribution < 1.29 is 24.0 Å². The van der Waals surface area contributed by atoms with Gasteiger partial charge in [-0.2, -0.15) is 0 Å². The van der Waals surface area contributed by atoms with E-state index in [0.29, 0.717) is 10.7 Å². The number of halogens is 1. The van der Waals surface area contributed by atoms with Crippen molar-refractivity contribution in [3.8, 4) is 17.1 Å². The van der Waals surface area contributed by atoms with Crippen molar-refractivity contribution in [3.63, 3.8) is 0 Å². The standard InChI is InChI=1S/C20H12ClN3O6/c21-11-2-1-3-12(8-11)23-20(27)16(19(26)22-23)10-14-5-7-18(30-14)15-9-13(24(28)29)4-6-17(15)25/h1-10,25H,(H,22,26)/p-1/b16-10+. The minimum atomic E-state index is -0.641. The Labute approximate surface area is 173 Å². The molecule has 2 amide bonds. The van der Waals surface area contributed by atoms with Gasteiger partial charge >= 0.3 is 0 Å². The summed E-state index contributed by atoms with van der Waals surface area (Å²) in [6, 6.07) is 12.6. The SMILES string of the molecule is O=C1NN(c2cccc(Cl)c2)C(=O)/C1=C/c1ccc(-c2cc([N+](=O)[O-])ccc2[O-])o1. The van der Waals surface area contributed by atoms with E-state index in [1.54, 1.807) is 18.2 Å². The lowest BCUT2D eigenvalue weighted by Crippen LogP contribution is -2.35. The molecular formula is C20H11ClN3O6-. The summed E-state index contributed by atoms with van der Waals surface area (Å²) >= 11 is 5.93. The van der Waals surface area contributed by atoms with Crippen molar-refractivity contribution in [2.75, 3.05) is 5.01 Å². The summed E-state index contributed by atoms with van der Waals surface area (Å²) in [4.78, 5) is 35.2. The van der Waals surface area contributed by atoms with Crippen LogP contribution < -0.4 is 15.5 Å². The van der Waals surface area contributed by atoms with Gasteiger partial charge in [0.05, 0.1) is 10.6 Å². The normalized spacial score (nSPS) is 15.0. The number of carbonyl (C=O) groups is 2. The Morgan fingerprint density at radius 1 is 1.10 bits per heavy atom. The fourth-order valence-corrected chi connectivity index (χ4v) is 3.08. The van der Waals surface area contributed by atoms with Gasteiger partial charge in [-0.1, -0.05) is 29.5 Å². The molecule has 0 unspecified atom stereocenters. The molecular weight excluding hydrogens is 414 g/mol. The van der Waals surface area contributed by atoms with Crippen molar-refractivity contribution in [1.82, 2.24) is 5.43 Å². The fourth-order valence-electron chi connectivity index (χ4n) is 2.90. The van der Waals surface area contributed by atoms with Gasteiger partial charge in [-0.05, 0) is 36.4 Å². The minimum absolute atomic E-state index is 0.00314. The van der Waals surface area contributed by atoms with Gasteiger partial charge in [0.25, 0.3) is 17.5 Å². The zero-order chi connectivity index (χ0) is 21.4. The molecule has 1 aliphatic heterocycles. The summed E-state index contributed by atoms with van der Waals surface area (Å²) in [7, 11) is 0. The molecule has 30 heavy (non-hydrogen) atoms. The van der Waals surface area contributed by atoms with Crippen LogP contribution in [0, 0.1) is 10.1 Å². The number of nitrogens with zero attached hydrogens (tertiary/aromatic N) is 2. The third-order valence-corrected chi connectivity index (χ3v) is 4.55. The lowest BCUT2D eigenvalue weighted by molar-refractivity contribution is -0.385. The number of carbonyl (C=O) groups excluding carboxylic acids is 2. The van der Waals surface area contributed by atoms with E-state index in [0.717, 1.165) is 23.2 Å². The molecule has 3 aromatic rings. The molecule has 0 radical (unpaired) electrons. The second-order valence-corrected chi connectivity index (χ2v) is 6.70. The van der Waals surface area contributed by atoms with Crippen LogP contribution in [-0.2, 0) is 9.59 Å². The molecule has 0 aliphatic carbocycles. The number of non-ortho nitro benzene ring substituents is 1. The van der Waals surface area contributed by atoms with Crippen molar-refractivity contribution in [1.29, 1.82) is 0 Å². The first-order valence-electron chi connectivity index (χ1n) is 8.52. The van der Waals surface area contributed by atoms with E-state index >= 15 is 0 Å². The average Bonchev–Trinajstić information content (AvgIpc) is 3.28. The van der Waals surface area contributed by atoms with Gasteiger partial charge in [0.1, 0.15) is 17.1 Å². The lowest BCUT2D eigenvalue weighted by atomic mass is 10.1. The number of rotatable bonds is 4. The van der Waals surface area contributed by atoms with Gasteiger partial charge in [-0.15, -0.1) is 0 Å². The highest BCUT2D eigenvalue weighted by atomic mass is 35.5. The summed E-state index contributed by atoms with van der Waals surface area (Å²) in [6.45, 7) is 0. The zero-order valence-electron chi connectivity index (χ0n) is 15.0. The van der Waals surface area contributed by atoms with Crippen LogP contribution in [0.2, 0.25) is 5.02 Å². The van der Waals surface area contributed by atoms with Crippen LogP contribution in [0.1, 0.15) is 5.76 Å². The third-order valence-electron chi connectivity index (χ3n) is 4.31. The maximum absolute atomic E-state index is 12.6. The van der Waals surface area contributed by atoms with Gasteiger partial charge < -0.3 is 9.52 Å². The summed E-state index contributed by atoms with van der Waals surface area (Å²) in [5, 5.41) is 24.4. The highest BCUT2D eigenvalue weighted by molar-refractivity contribution is 6.33. The third kappa shape index (κ3) is 3.49. The molecule has 1 aromatic heterocycles. The molecule has 2 heterocycles. The Morgan fingerprint density at radius 2 is 1.90 bits per heavy atom. The van der Waals surface area contributed by atoms with Crippen LogP contribution in [0.3, 0.4) is 0 Å². The summed E-state index contributed by atoms with van der Waals surface area (Å²) in [5.74, 6) is -1.51. The molecule has 0 saturated carbocycles. The van der Waals surface area contributed by atoms with Crippen molar-refractivity contribution in [2.24, 2.45) is 0 Å². The largest absolute Gasteiger partial charge is 0.872 e. The Kier molecular flexibility index (Phi) is 4.72. The van der Waals surface area contributed by atoms with Gasteiger partial charge in [0.2, 0.25) is 0 Å². The smallest absolute Gasteiger partial charge is 0.282 e. The van der Waals surface area contributed by atoms with Crippen LogP contribution in [0.25, 0.3) is 17.4 Å². The molecule has 0 bridgehead atoms. The number of nitrogens with one attached hydrogen (secondary N) is 1. The Bertz CT molecular complexity index is 1230. The molecule has 1 saturated heterocycles. The van der Waals surface area contributed by atoms with Crippen molar-refractivity contribution >= 4 is 40.9 Å². The summed E-state index contributed by atoms with van der Waals surface area (Å²) in [5.41, 5.74) is 2.38. The Morgan fingerprint density at radius 3 is 2.63 bits per heavy atom. The number of hydrogen-bond acceptors (Lipinski definition) is 6. The van der Waals surface area contributed by atoms with E-state index in [1.165, 1.54) is 24.3 Å². The van der Waals surface area contributed by atoms with Crippen LogP contribution in [-0.4, -0.2) is 16.7 Å². The highest BCUT2D eigenvalue weighted by Gasteiger charge is 2.34. The van der Waals surface area contributed by atoms with E-state index in [9.17, 15) is 24.8 Å². The number of nitro benzene ring substituents is 1. The van der Waals surface area contributed by atoms with Crippen LogP contribution in [0.15, 0.2) is 64.6 Å². The molecule has 2 aromatic carbocycles. The molecule has 0 atom stereocenters. The molecule has 4 rings (SSSR count). The number of nitro groups is 1. The predicted molar refractivity (Wildman–Crippen MR) is 105 cm³/mol. The van der Waals surface area contributed by atoms with Crippen LogP contribution >= 0.6 is 11.6 Å². The average molecular weight is 425 g/mol. The monoisotopic (exact) mass is 424 g/mol. The van der Waals surface area contributed by atoms with Gasteiger partial charge in [-0.25, -0.2) is 5.01 Å². The number of hydrogen-bond donors (Lipinski definition) is 1. The van der Waals surface area contributed by atoms with Crippen LogP contribution in [0.4, 0.5) is 11.4 Å². The van der Waals surface area contributed by atoms with Crippen molar-refractivity contribution in [3.05, 3.63) is 81.1 Å². The summed E-state index contributed by atoms with van der Waals surface area (Å²) in [6.07, 6.45) is 1.23. The topological polar surface area (TPSA) is 129 Å².